The number of nitrogens with one attached hydrogen (secondary N) is 1. The number of nitrogens with zero attached hydrogens (tertiary/aromatic N) is 2. The fraction of sp³-hybridized carbons (Fsp3) is 0.333. The van der Waals surface area contributed by atoms with Crippen molar-refractivity contribution in [3.8, 4) is 5.75 Å². The second-order valence-electron chi connectivity index (χ2n) is 7.34. The molecule has 9 heteroatoms. The Bertz CT molecular complexity index is 976. The Kier molecular flexibility index (Phi) is 5.05. The highest BCUT2D eigenvalue weighted by molar-refractivity contribution is 6.08. The molecular formula is C21H20F3N3O3. The Morgan fingerprint density at radius 3 is 2.57 bits per heavy atom. The maximum absolute atomic E-state index is 12.8. The van der Waals surface area contributed by atoms with Gasteiger partial charge in [-0.05, 0) is 61.7 Å². The van der Waals surface area contributed by atoms with Crippen molar-refractivity contribution in [2.24, 2.45) is 0 Å². The quantitative estimate of drug-likeness (QED) is 0.809. The highest BCUT2D eigenvalue weighted by Crippen LogP contribution is 2.35. The molecule has 6 nitrogen and oxygen atoms in total. The third-order valence-corrected chi connectivity index (χ3v) is 5.40. The number of ether oxygens (including phenoxy) is 1. The average molecular weight is 419 g/mol. The molecule has 0 spiro atoms. The van der Waals surface area contributed by atoms with Crippen LogP contribution in [0.5, 0.6) is 5.75 Å². The molecule has 2 aromatic rings. The van der Waals surface area contributed by atoms with E-state index >= 15 is 0 Å². The van der Waals surface area contributed by atoms with Crippen molar-refractivity contribution in [1.29, 1.82) is 0 Å². The van der Waals surface area contributed by atoms with Crippen molar-refractivity contribution < 1.29 is 27.5 Å². The van der Waals surface area contributed by atoms with Gasteiger partial charge < -0.3 is 19.9 Å². The molecular weight excluding hydrogens is 399 g/mol. The van der Waals surface area contributed by atoms with Crippen molar-refractivity contribution in [2.75, 3.05) is 23.8 Å². The van der Waals surface area contributed by atoms with Crippen LogP contribution in [-0.4, -0.2) is 42.8 Å². The van der Waals surface area contributed by atoms with Crippen molar-refractivity contribution >= 4 is 23.2 Å². The van der Waals surface area contributed by atoms with Crippen molar-refractivity contribution in [3.05, 3.63) is 53.6 Å². The van der Waals surface area contributed by atoms with E-state index in [1.165, 1.54) is 12.1 Å². The molecule has 1 unspecified atom stereocenters. The minimum absolute atomic E-state index is 0.0155. The molecule has 2 aliphatic heterocycles. The van der Waals surface area contributed by atoms with Gasteiger partial charge in [0.1, 0.15) is 11.9 Å². The maximum Gasteiger partial charge on any atom is 0.573 e. The Labute approximate surface area is 171 Å². The second-order valence-corrected chi connectivity index (χ2v) is 7.34. The molecule has 1 N–H and O–H groups in total. The number of anilines is 2. The lowest BCUT2D eigenvalue weighted by molar-refractivity contribution is -0.274. The lowest BCUT2D eigenvalue weighted by Gasteiger charge is -2.46. The van der Waals surface area contributed by atoms with Gasteiger partial charge >= 0.3 is 6.36 Å². The van der Waals surface area contributed by atoms with Crippen LogP contribution in [0.1, 0.15) is 40.0 Å². The normalized spacial score (nSPS) is 18.5. The van der Waals surface area contributed by atoms with E-state index in [1.807, 2.05) is 16.8 Å². The number of hydrogen-bond acceptors (Lipinski definition) is 4. The van der Waals surface area contributed by atoms with E-state index in [4.69, 9.17) is 0 Å². The van der Waals surface area contributed by atoms with E-state index in [0.717, 1.165) is 37.9 Å². The summed E-state index contributed by atoms with van der Waals surface area (Å²) in [6, 6.07) is 9.80. The van der Waals surface area contributed by atoms with Gasteiger partial charge in [-0.2, -0.15) is 0 Å². The largest absolute Gasteiger partial charge is 0.573 e. The zero-order chi connectivity index (χ0) is 21.5. The molecule has 0 aromatic heterocycles. The Hall–Kier alpha value is -3.23. The van der Waals surface area contributed by atoms with Crippen LogP contribution in [0.4, 0.5) is 24.5 Å². The maximum atomic E-state index is 12.8. The average Bonchev–Trinajstić information content (AvgIpc) is 2.72. The summed E-state index contributed by atoms with van der Waals surface area (Å²) in [6.07, 6.45) is -1.88. The van der Waals surface area contributed by atoms with Gasteiger partial charge in [-0.3, -0.25) is 9.59 Å². The van der Waals surface area contributed by atoms with E-state index in [-0.39, 0.29) is 17.8 Å². The molecule has 0 saturated carbocycles. The van der Waals surface area contributed by atoms with Crippen LogP contribution in [0.15, 0.2) is 42.5 Å². The van der Waals surface area contributed by atoms with Crippen LogP contribution in [0, 0.1) is 0 Å². The van der Waals surface area contributed by atoms with E-state index in [0.29, 0.717) is 22.5 Å². The van der Waals surface area contributed by atoms with Gasteiger partial charge in [0.25, 0.3) is 11.8 Å². The van der Waals surface area contributed by atoms with Crippen LogP contribution in [0.25, 0.3) is 0 Å². The summed E-state index contributed by atoms with van der Waals surface area (Å²) in [5.74, 6) is -0.819. The number of piperidine rings is 1. The molecule has 158 valence electrons. The smallest absolute Gasteiger partial charge is 0.406 e. The van der Waals surface area contributed by atoms with E-state index in [9.17, 15) is 22.8 Å². The third-order valence-electron chi connectivity index (χ3n) is 5.40. The first-order valence-corrected chi connectivity index (χ1v) is 9.58. The van der Waals surface area contributed by atoms with Crippen LogP contribution in [0.2, 0.25) is 0 Å². The molecule has 0 bridgehead atoms. The van der Waals surface area contributed by atoms with Crippen molar-refractivity contribution in [2.45, 2.75) is 31.8 Å². The standard InChI is InChI=1S/C21H20F3N3O3/c1-26-17-12-13(5-10-16(17)20(29)27-11-3-2-4-18(26)27)19(28)25-14-6-8-15(9-7-14)30-21(22,23)24/h5-10,12,18H,2-4,11H2,1H3,(H,25,28). The lowest BCUT2D eigenvalue weighted by atomic mass is 9.97. The third kappa shape index (κ3) is 3.92. The molecule has 1 fully saturated rings. The molecule has 2 heterocycles. The topological polar surface area (TPSA) is 61.9 Å². The molecule has 1 saturated heterocycles. The Morgan fingerprint density at radius 1 is 1.13 bits per heavy atom. The highest BCUT2D eigenvalue weighted by Gasteiger charge is 2.37. The number of benzene rings is 2. The van der Waals surface area contributed by atoms with Gasteiger partial charge in [-0.1, -0.05) is 0 Å². The van der Waals surface area contributed by atoms with Crippen molar-refractivity contribution in [3.63, 3.8) is 0 Å². The van der Waals surface area contributed by atoms with Crippen LogP contribution < -0.4 is 15.0 Å². The minimum atomic E-state index is -4.77. The van der Waals surface area contributed by atoms with Gasteiger partial charge in [0.2, 0.25) is 0 Å². The minimum Gasteiger partial charge on any atom is -0.406 e. The molecule has 2 aliphatic rings. The molecule has 30 heavy (non-hydrogen) atoms. The summed E-state index contributed by atoms with van der Waals surface area (Å²) >= 11 is 0. The molecule has 4 rings (SSSR count). The molecule has 2 amide bonds. The number of alkyl halides is 3. The summed E-state index contributed by atoms with van der Waals surface area (Å²) in [4.78, 5) is 29.3. The van der Waals surface area contributed by atoms with Crippen LogP contribution in [-0.2, 0) is 0 Å². The number of carbonyl (C=O) groups excluding carboxylic acids is 2. The van der Waals surface area contributed by atoms with Gasteiger partial charge in [0, 0.05) is 24.8 Å². The first-order valence-electron chi connectivity index (χ1n) is 9.58. The molecule has 2 aromatic carbocycles. The zero-order valence-electron chi connectivity index (χ0n) is 16.2. The van der Waals surface area contributed by atoms with Gasteiger partial charge in [-0.15, -0.1) is 13.2 Å². The highest BCUT2D eigenvalue weighted by atomic mass is 19.4. The number of halogens is 3. The summed E-state index contributed by atoms with van der Waals surface area (Å²) in [6.45, 7) is 0.726. The molecule has 0 aliphatic carbocycles. The Balaban J connectivity index is 1.52. The van der Waals surface area contributed by atoms with Gasteiger partial charge in [0.05, 0.1) is 11.3 Å². The van der Waals surface area contributed by atoms with E-state index in [2.05, 4.69) is 10.1 Å². The van der Waals surface area contributed by atoms with E-state index in [1.54, 1.807) is 18.2 Å². The Morgan fingerprint density at radius 2 is 1.87 bits per heavy atom. The van der Waals surface area contributed by atoms with Crippen LogP contribution >= 0.6 is 0 Å². The summed E-state index contributed by atoms with van der Waals surface area (Å²) in [5, 5.41) is 2.65. The number of rotatable bonds is 3. The second kappa shape index (κ2) is 7.55. The number of amides is 2. The number of fused-ring (bicyclic) bond motifs is 2. The predicted octanol–water partition coefficient (Wildman–Crippen LogP) is 4.24. The monoisotopic (exact) mass is 419 g/mol. The first-order chi connectivity index (χ1) is 14.2. The lowest BCUT2D eigenvalue weighted by Crippen LogP contribution is -2.55. The zero-order valence-corrected chi connectivity index (χ0v) is 16.2. The number of carbonyl (C=O) groups is 2. The van der Waals surface area contributed by atoms with Gasteiger partial charge in [0.15, 0.2) is 0 Å². The molecule has 0 radical (unpaired) electrons. The van der Waals surface area contributed by atoms with Crippen LogP contribution in [0.3, 0.4) is 0 Å². The molecule has 1 atom stereocenters. The van der Waals surface area contributed by atoms with Gasteiger partial charge in [-0.25, -0.2) is 0 Å². The number of hydrogen-bond donors (Lipinski definition) is 1. The first kappa shape index (κ1) is 20.1. The summed E-state index contributed by atoms with van der Waals surface area (Å²) in [7, 11) is 1.91. The van der Waals surface area contributed by atoms with E-state index < -0.39 is 12.3 Å². The SMILES string of the molecule is CN1c2cc(C(=O)Nc3ccc(OC(F)(F)F)cc3)ccc2C(=O)N2CCCCC21. The van der Waals surface area contributed by atoms with Crippen molar-refractivity contribution in [1.82, 2.24) is 4.90 Å². The fourth-order valence-corrected chi connectivity index (χ4v) is 3.96. The predicted molar refractivity (Wildman–Crippen MR) is 105 cm³/mol. The summed E-state index contributed by atoms with van der Waals surface area (Å²) < 4.78 is 40.6. The summed E-state index contributed by atoms with van der Waals surface area (Å²) in [5.41, 5.74) is 1.94. The fourth-order valence-electron chi connectivity index (χ4n) is 3.96.